The van der Waals surface area contributed by atoms with Crippen LogP contribution in [0.4, 0.5) is 13.2 Å². The summed E-state index contributed by atoms with van der Waals surface area (Å²) in [5.74, 6) is -0.0642. The Kier molecular flexibility index (Phi) is 2.87. The summed E-state index contributed by atoms with van der Waals surface area (Å²) >= 11 is 0. The minimum absolute atomic E-state index is 0.0642. The quantitative estimate of drug-likeness (QED) is 0.690. The fourth-order valence-corrected chi connectivity index (χ4v) is 2.03. The molecule has 0 unspecified atom stereocenters. The molecule has 0 saturated carbocycles. The number of benzene rings is 1. The zero-order valence-corrected chi connectivity index (χ0v) is 10.5. The van der Waals surface area contributed by atoms with E-state index in [9.17, 15) is 13.2 Å². The molecule has 0 fully saturated rings. The molecule has 0 spiro atoms. The van der Waals surface area contributed by atoms with Crippen molar-refractivity contribution in [2.45, 2.75) is 6.18 Å². The summed E-state index contributed by atoms with van der Waals surface area (Å²) in [4.78, 5) is 4.06. The van der Waals surface area contributed by atoms with Crippen LogP contribution in [-0.4, -0.2) is 14.6 Å². The molecule has 0 saturated heterocycles. The molecular weight excluding hydrogens is 281 g/mol. The number of nitrogens with zero attached hydrogens (tertiary/aromatic N) is 4. The summed E-state index contributed by atoms with van der Waals surface area (Å²) in [6.07, 6.45) is -2.96. The van der Waals surface area contributed by atoms with Gasteiger partial charge < -0.3 is 0 Å². The summed E-state index contributed by atoms with van der Waals surface area (Å²) in [5.41, 5.74) is -0.440. The number of halogens is 3. The Hall–Kier alpha value is -2.88. The van der Waals surface area contributed by atoms with Crippen LogP contribution in [0.3, 0.4) is 0 Å². The maximum atomic E-state index is 13.0. The molecule has 104 valence electrons. The number of alkyl halides is 3. The Labute approximate surface area is 117 Å². The van der Waals surface area contributed by atoms with Crippen molar-refractivity contribution in [2.24, 2.45) is 0 Å². The molecule has 3 rings (SSSR count). The number of hydrogen-bond donors (Lipinski definition) is 0. The lowest BCUT2D eigenvalue weighted by molar-refractivity contribution is -0.137. The second-order valence-corrected chi connectivity index (χ2v) is 4.28. The van der Waals surface area contributed by atoms with Gasteiger partial charge in [-0.15, -0.1) is 5.10 Å². The molecule has 0 aliphatic carbocycles. The topological polar surface area (TPSA) is 54.0 Å². The van der Waals surface area contributed by atoms with Crippen molar-refractivity contribution in [3.8, 4) is 17.5 Å². The molecular formula is C14H7F3N4. The van der Waals surface area contributed by atoms with Crippen molar-refractivity contribution in [2.75, 3.05) is 0 Å². The van der Waals surface area contributed by atoms with Crippen molar-refractivity contribution >= 4 is 5.65 Å². The van der Waals surface area contributed by atoms with Crippen LogP contribution in [0.15, 0.2) is 42.6 Å². The Bertz CT molecular complexity index is 859. The Morgan fingerprint density at radius 2 is 1.86 bits per heavy atom. The Morgan fingerprint density at radius 3 is 2.57 bits per heavy atom. The standard InChI is InChI=1S/C14H7F3N4/c15-14(16,17)11-6-2-1-5-10(11)12-19-13-9(8-18)4-3-7-21(13)20-12/h1-7H. The van der Waals surface area contributed by atoms with Crippen molar-refractivity contribution in [1.29, 1.82) is 5.26 Å². The molecule has 0 bridgehead atoms. The van der Waals surface area contributed by atoms with E-state index in [1.807, 2.05) is 6.07 Å². The third-order valence-electron chi connectivity index (χ3n) is 2.96. The molecule has 0 amide bonds. The molecule has 0 N–H and O–H groups in total. The molecule has 0 radical (unpaired) electrons. The summed E-state index contributed by atoms with van der Waals surface area (Å²) in [7, 11) is 0. The summed E-state index contributed by atoms with van der Waals surface area (Å²) in [5, 5.41) is 13.0. The fraction of sp³-hybridized carbons (Fsp3) is 0.0714. The third-order valence-corrected chi connectivity index (χ3v) is 2.96. The van der Waals surface area contributed by atoms with Crippen LogP contribution in [0.2, 0.25) is 0 Å². The summed E-state index contributed by atoms with van der Waals surface area (Å²) in [6, 6.07) is 10.1. The van der Waals surface area contributed by atoms with Gasteiger partial charge in [0.25, 0.3) is 0 Å². The van der Waals surface area contributed by atoms with Crippen LogP contribution >= 0.6 is 0 Å². The smallest absolute Gasteiger partial charge is 0.219 e. The summed E-state index contributed by atoms with van der Waals surface area (Å²) < 4.78 is 40.4. The van der Waals surface area contributed by atoms with Gasteiger partial charge in [-0.05, 0) is 18.2 Å². The van der Waals surface area contributed by atoms with E-state index in [1.54, 1.807) is 6.07 Å². The molecule has 2 aromatic heterocycles. The molecule has 2 heterocycles. The van der Waals surface area contributed by atoms with E-state index in [1.165, 1.54) is 35.0 Å². The average molecular weight is 288 g/mol. The molecule has 0 aliphatic rings. The predicted octanol–water partition coefficient (Wildman–Crippen LogP) is 3.29. The maximum Gasteiger partial charge on any atom is 0.417 e. The van der Waals surface area contributed by atoms with Crippen molar-refractivity contribution < 1.29 is 13.2 Å². The van der Waals surface area contributed by atoms with Gasteiger partial charge in [0, 0.05) is 11.8 Å². The number of fused-ring (bicyclic) bond motifs is 1. The van der Waals surface area contributed by atoms with Gasteiger partial charge in [-0.1, -0.05) is 18.2 Å². The predicted molar refractivity (Wildman–Crippen MR) is 68.1 cm³/mol. The molecule has 1 aromatic carbocycles. The first-order valence-electron chi connectivity index (χ1n) is 5.93. The normalized spacial score (nSPS) is 11.5. The highest BCUT2D eigenvalue weighted by atomic mass is 19.4. The van der Waals surface area contributed by atoms with E-state index in [4.69, 9.17) is 5.26 Å². The van der Waals surface area contributed by atoms with Crippen LogP contribution in [-0.2, 0) is 6.18 Å². The van der Waals surface area contributed by atoms with E-state index in [-0.39, 0.29) is 22.6 Å². The van der Waals surface area contributed by atoms with E-state index < -0.39 is 11.7 Å². The first-order valence-corrected chi connectivity index (χ1v) is 5.93. The van der Waals surface area contributed by atoms with Crippen LogP contribution in [0, 0.1) is 11.3 Å². The van der Waals surface area contributed by atoms with Gasteiger partial charge in [0.05, 0.1) is 11.1 Å². The lowest BCUT2D eigenvalue weighted by Gasteiger charge is -2.09. The van der Waals surface area contributed by atoms with Gasteiger partial charge in [-0.3, -0.25) is 0 Å². The van der Waals surface area contributed by atoms with Crippen LogP contribution in [0.1, 0.15) is 11.1 Å². The lowest BCUT2D eigenvalue weighted by atomic mass is 10.1. The van der Waals surface area contributed by atoms with Gasteiger partial charge in [0.15, 0.2) is 11.5 Å². The van der Waals surface area contributed by atoms with Gasteiger partial charge in [-0.2, -0.15) is 18.4 Å². The van der Waals surface area contributed by atoms with Crippen molar-refractivity contribution in [3.63, 3.8) is 0 Å². The highest BCUT2D eigenvalue weighted by Crippen LogP contribution is 2.35. The van der Waals surface area contributed by atoms with Crippen LogP contribution in [0.5, 0.6) is 0 Å². The minimum Gasteiger partial charge on any atom is -0.219 e. The second kappa shape index (κ2) is 4.59. The molecule has 3 aromatic rings. The molecule has 0 aliphatic heterocycles. The van der Waals surface area contributed by atoms with Gasteiger partial charge in [0.2, 0.25) is 0 Å². The van der Waals surface area contributed by atoms with Crippen molar-refractivity contribution in [1.82, 2.24) is 14.6 Å². The maximum absolute atomic E-state index is 13.0. The number of pyridine rings is 1. The van der Waals surface area contributed by atoms with Gasteiger partial charge in [0.1, 0.15) is 6.07 Å². The van der Waals surface area contributed by atoms with Gasteiger partial charge in [-0.25, -0.2) is 9.50 Å². The highest BCUT2D eigenvalue weighted by Gasteiger charge is 2.34. The van der Waals surface area contributed by atoms with Gasteiger partial charge >= 0.3 is 6.18 Å². The average Bonchev–Trinajstić information content (AvgIpc) is 2.90. The summed E-state index contributed by atoms with van der Waals surface area (Å²) in [6.45, 7) is 0. The van der Waals surface area contributed by atoms with E-state index in [2.05, 4.69) is 10.1 Å². The van der Waals surface area contributed by atoms with Crippen molar-refractivity contribution in [3.05, 3.63) is 53.7 Å². The first kappa shape index (κ1) is 13.1. The van der Waals surface area contributed by atoms with E-state index >= 15 is 0 Å². The highest BCUT2D eigenvalue weighted by molar-refractivity contribution is 5.65. The van der Waals surface area contributed by atoms with Crippen LogP contribution in [0.25, 0.3) is 17.0 Å². The molecule has 7 heteroatoms. The second-order valence-electron chi connectivity index (χ2n) is 4.28. The number of hydrogen-bond acceptors (Lipinski definition) is 3. The fourth-order valence-electron chi connectivity index (χ4n) is 2.03. The largest absolute Gasteiger partial charge is 0.417 e. The van der Waals surface area contributed by atoms with E-state index in [0.29, 0.717) is 0 Å². The zero-order valence-electron chi connectivity index (χ0n) is 10.5. The minimum atomic E-state index is -4.49. The Morgan fingerprint density at radius 1 is 1.10 bits per heavy atom. The number of nitriles is 1. The lowest BCUT2D eigenvalue weighted by Crippen LogP contribution is -2.07. The van der Waals surface area contributed by atoms with E-state index in [0.717, 1.165) is 6.07 Å². The molecule has 4 nitrogen and oxygen atoms in total. The SMILES string of the molecule is N#Cc1cccn2nc(-c3ccccc3C(F)(F)F)nc12. The number of rotatable bonds is 1. The number of aromatic nitrogens is 3. The monoisotopic (exact) mass is 288 g/mol. The molecule has 21 heavy (non-hydrogen) atoms. The zero-order chi connectivity index (χ0) is 15.0. The first-order chi connectivity index (χ1) is 10.0. The van der Waals surface area contributed by atoms with Crippen LogP contribution < -0.4 is 0 Å². The Balaban J connectivity index is 2.25. The molecule has 0 atom stereocenters. The third kappa shape index (κ3) is 2.21.